The molecule has 1 aromatic carbocycles. The van der Waals surface area contributed by atoms with E-state index in [1.54, 1.807) is 12.1 Å². The predicted molar refractivity (Wildman–Crippen MR) is 66.0 cm³/mol. The standard InChI is InChI=1S/C12H13BrN2O/c1-8-3-4-10(7-11(8)13)12(16)15-9(2)5-6-14/h3-4,7,9H,5H2,1-2H3,(H,15,16). The molecular weight excluding hydrogens is 268 g/mol. The topological polar surface area (TPSA) is 52.9 Å². The average molecular weight is 281 g/mol. The summed E-state index contributed by atoms with van der Waals surface area (Å²) in [7, 11) is 0. The summed E-state index contributed by atoms with van der Waals surface area (Å²) in [4.78, 5) is 11.8. The molecule has 0 saturated heterocycles. The van der Waals surface area contributed by atoms with E-state index in [4.69, 9.17) is 5.26 Å². The quantitative estimate of drug-likeness (QED) is 0.926. The maximum atomic E-state index is 11.8. The third kappa shape index (κ3) is 3.35. The maximum absolute atomic E-state index is 11.8. The molecule has 0 spiro atoms. The zero-order valence-electron chi connectivity index (χ0n) is 9.25. The molecule has 1 rings (SSSR count). The Labute approximate surface area is 104 Å². The second-order valence-electron chi connectivity index (χ2n) is 3.70. The average Bonchev–Trinajstić information content (AvgIpc) is 2.22. The largest absolute Gasteiger partial charge is 0.349 e. The van der Waals surface area contributed by atoms with Gasteiger partial charge in [-0.25, -0.2) is 0 Å². The van der Waals surface area contributed by atoms with Crippen molar-refractivity contribution >= 4 is 21.8 Å². The molecule has 0 heterocycles. The van der Waals surface area contributed by atoms with Crippen LogP contribution in [0.5, 0.6) is 0 Å². The first-order valence-electron chi connectivity index (χ1n) is 4.98. The van der Waals surface area contributed by atoms with E-state index in [2.05, 4.69) is 21.2 Å². The van der Waals surface area contributed by atoms with Crippen molar-refractivity contribution in [3.05, 3.63) is 33.8 Å². The lowest BCUT2D eigenvalue weighted by atomic mass is 10.1. The van der Waals surface area contributed by atoms with Crippen LogP contribution in [0.25, 0.3) is 0 Å². The number of carbonyl (C=O) groups excluding carboxylic acids is 1. The number of aryl methyl sites for hydroxylation is 1. The zero-order chi connectivity index (χ0) is 12.1. The first-order chi connectivity index (χ1) is 7.54. The number of nitrogens with one attached hydrogen (secondary N) is 1. The SMILES string of the molecule is Cc1ccc(C(=O)NC(C)CC#N)cc1Br. The number of carbonyl (C=O) groups is 1. The third-order valence-electron chi connectivity index (χ3n) is 2.21. The van der Waals surface area contributed by atoms with Gasteiger partial charge in [-0.1, -0.05) is 22.0 Å². The molecule has 0 bridgehead atoms. The van der Waals surface area contributed by atoms with Crippen LogP contribution in [-0.4, -0.2) is 11.9 Å². The van der Waals surface area contributed by atoms with Crippen LogP contribution in [0.4, 0.5) is 0 Å². The second-order valence-corrected chi connectivity index (χ2v) is 4.56. The van der Waals surface area contributed by atoms with E-state index in [0.717, 1.165) is 10.0 Å². The van der Waals surface area contributed by atoms with Crippen molar-refractivity contribution in [3.8, 4) is 6.07 Å². The van der Waals surface area contributed by atoms with Crippen LogP contribution in [0.2, 0.25) is 0 Å². The van der Waals surface area contributed by atoms with Crippen LogP contribution >= 0.6 is 15.9 Å². The Hall–Kier alpha value is -1.34. The summed E-state index contributed by atoms with van der Waals surface area (Å²) in [5.74, 6) is -0.150. The summed E-state index contributed by atoms with van der Waals surface area (Å²) in [5, 5.41) is 11.3. The highest BCUT2D eigenvalue weighted by molar-refractivity contribution is 9.10. The number of amides is 1. The molecule has 0 aliphatic rings. The summed E-state index contributed by atoms with van der Waals surface area (Å²) >= 11 is 3.38. The number of rotatable bonds is 3. The molecule has 1 atom stereocenters. The molecule has 1 unspecified atom stereocenters. The smallest absolute Gasteiger partial charge is 0.251 e. The van der Waals surface area contributed by atoms with Crippen LogP contribution in [0.1, 0.15) is 29.3 Å². The summed E-state index contributed by atoms with van der Waals surface area (Å²) in [6.45, 7) is 3.77. The Morgan fingerprint density at radius 2 is 2.31 bits per heavy atom. The van der Waals surface area contributed by atoms with Crippen LogP contribution < -0.4 is 5.32 Å². The van der Waals surface area contributed by atoms with Gasteiger partial charge >= 0.3 is 0 Å². The molecule has 0 aliphatic heterocycles. The highest BCUT2D eigenvalue weighted by atomic mass is 79.9. The third-order valence-corrected chi connectivity index (χ3v) is 3.06. The lowest BCUT2D eigenvalue weighted by Crippen LogP contribution is -2.32. The molecular formula is C12H13BrN2O. The molecule has 1 amide bonds. The molecule has 0 fully saturated rings. The van der Waals surface area contributed by atoms with Crippen molar-refractivity contribution in [2.24, 2.45) is 0 Å². The molecule has 1 N–H and O–H groups in total. The number of benzene rings is 1. The van der Waals surface area contributed by atoms with Gasteiger partial charge in [-0.2, -0.15) is 5.26 Å². The summed E-state index contributed by atoms with van der Waals surface area (Å²) < 4.78 is 0.910. The normalized spacial score (nSPS) is 11.6. The van der Waals surface area contributed by atoms with Crippen LogP contribution in [-0.2, 0) is 0 Å². The van der Waals surface area contributed by atoms with E-state index >= 15 is 0 Å². The van der Waals surface area contributed by atoms with Gasteiger partial charge in [0.05, 0.1) is 12.5 Å². The lowest BCUT2D eigenvalue weighted by Gasteiger charge is -2.10. The predicted octanol–water partition coefficient (Wildman–Crippen LogP) is 2.79. The van der Waals surface area contributed by atoms with E-state index in [1.165, 1.54) is 0 Å². The maximum Gasteiger partial charge on any atom is 0.251 e. The molecule has 0 saturated carbocycles. The van der Waals surface area contributed by atoms with Gasteiger partial charge in [0.1, 0.15) is 0 Å². The van der Waals surface area contributed by atoms with Crippen LogP contribution in [0.15, 0.2) is 22.7 Å². The van der Waals surface area contributed by atoms with Gasteiger partial charge in [-0.15, -0.1) is 0 Å². The van der Waals surface area contributed by atoms with Crippen molar-refractivity contribution in [3.63, 3.8) is 0 Å². The van der Waals surface area contributed by atoms with Crippen LogP contribution in [0.3, 0.4) is 0 Å². The number of hydrogen-bond donors (Lipinski definition) is 1. The number of halogens is 1. The summed E-state index contributed by atoms with van der Waals surface area (Å²) in [5.41, 5.74) is 1.68. The summed E-state index contributed by atoms with van der Waals surface area (Å²) in [6, 6.07) is 7.33. The molecule has 84 valence electrons. The van der Waals surface area contributed by atoms with Crippen molar-refractivity contribution in [2.75, 3.05) is 0 Å². The van der Waals surface area contributed by atoms with Crippen LogP contribution in [0, 0.1) is 18.3 Å². The first kappa shape index (κ1) is 12.7. The monoisotopic (exact) mass is 280 g/mol. The molecule has 4 heteroatoms. The molecule has 16 heavy (non-hydrogen) atoms. The van der Waals surface area contributed by atoms with Gasteiger partial charge < -0.3 is 5.32 Å². The van der Waals surface area contributed by atoms with Gasteiger partial charge in [0.15, 0.2) is 0 Å². The molecule has 0 aliphatic carbocycles. The van der Waals surface area contributed by atoms with Crippen molar-refractivity contribution in [1.82, 2.24) is 5.32 Å². The Kier molecular flexibility index (Phi) is 4.51. The molecule has 3 nitrogen and oxygen atoms in total. The second kappa shape index (κ2) is 5.66. The number of nitrogens with zero attached hydrogens (tertiary/aromatic N) is 1. The van der Waals surface area contributed by atoms with Gasteiger partial charge in [-0.3, -0.25) is 4.79 Å². The van der Waals surface area contributed by atoms with E-state index in [0.29, 0.717) is 12.0 Å². The van der Waals surface area contributed by atoms with E-state index in [-0.39, 0.29) is 11.9 Å². The Bertz CT molecular complexity index is 437. The minimum Gasteiger partial charge on any atom is -0.349 e. The molecule has 0 radical (unpaired) electrons. The van der Waals surface area contributed by atoms with Gasteiger partial charge in [0.25, 0.3) is 5.91 Å². The Morgan fingerprint density at radius 1 is 1.62 bits per heavy atom. The van der Waals surface area contributed by atoms with E-state index in [9.17, 15) is 4.79 Å². The molecule has 0 aromatic heterocycles. The fourth-order valence-corrected chi connectivity index (χ4v) is 1.61. The zero-order valence-corrected chi connectivity index (χ0v) is 10.8. The number of nitriles is 1. The van der Waals surface area contributed by atoms with Gasteiger partial charge in [0.2, 0.25) is 0 Å². The summed E-state index contributed by atoms with van der Waals surface area (Å²) in [6.07, 6.45) is 0.318. The van der Waals surface area contributed by atoms with Gasteiger partial charge in [0, 0.05) is 16.1 Å². The minimum atomic E-state index is -0.150. The minimum absolute atomic E-state index is 0.127. The lowest BCUT2D eigenvalue weighted by molar-refractivity contribution is 0.0941. The Morgan fingerprint density at radius 3 is 2.88 bits per heavy atom. The fraction of sp³-hybridized carbons (Fsp3) is 0.333. The van der Waals surface area contributed by atoms with Crippen molar-refractivity contribution < 1.29 is 4.79 Å². The fourth-order valence-electron chi connectivity index (χ4n) is 1.23. The number of hydrogen-bond acceptors (Lipinski definition) is 2. The van der Waals surface area contributed by atoms with Gasteiger partial charge in [-0.05, 0) is 31.5 Å². The molecule has 1 aromatic rings. The van der Waals surface area contributed by atoms with E-state index in [1.807, 2.05) is 26.0 Å². The highest BCUT2D eigenvalue weighted by Crippen LogP contribution is 2.17. The highest BCUT2D eigenvalue weighted by Gasteiger charge is 2.10. The first-order valence-corrected chi connectivity index (χ1v) is 5.78. The van der Waals surface area contributed by atoms with E-state index < -0.39 is 0 Å². The Balaban J connectivity index is 2.74. The van der Waals surface area contributed by atoms with Crippen molar-refractivity contribution in [1.29, 1.82) is 5.26 Å². The van der Waals surface area contributed by atoms with Crippen molar-refractivity contribution in [2.45, 2.75) is 26.3 Å².